The molecule has 0 saturated heterocycles. The molecule has 0 radical (unpaired) electrons. The molecule has 0 aliphatic rings. The van der Waals surface area contributed by atoms with Gasteiger partial charge in [-0.05, 0) is 69.9 Å². The second-order valence-electron chi connectivity index (χ2n) is 6.78. The van der Waals surface area contributed by atoms with Gasteiger partial charge >= 0.3 is 0 Å². The first-order chi connectivity index (χ1) is 9.70. The maximum Gasteiger partial charge on any atom is 0.134 e. The Kier molecular flexibility index (Phi) is 4.64. The molecule has 1 aromatic heterocycles. The number of hydrogen-bond donors (Lipinski definition) is 1. The summed E-state index contributed by atoms with van der Waals surface area (Å²) >= 11 is 3.48. The smallest absolute Gasteiger partial charge is 0.134 e. The van der Waals surface area contributed by atoms with Gasteiger partial charge in [0.1, 0.15) is 5.76 Å². The number of rotatable bonds is 3. The van der Waals surface area contributed by atoms with Gasteiger partial charge in [0.25, 0.3) is 0 Å². The Morgan fingerprint density at radius 1 is 1.19 bits per heavy atom. The van der Waals surface area contributed by atoms with E-state index in [9.17, 15) is 0 Å². The predicted molar refractivity (Wildman–Crippen MR) is 91.7 cm³/mol. The normalized spacial score (nSPS) is 13.5. The summed E-state index contributed by atoms with van der Waals surface area (Å²) in [7, 11) is 0. The second kappa shape index (κ2) is 5.98. The van der Waals surface area contributed by atoms with Crippen LogP contribution < -0.4 is 5.73 Å². The van der Waals surface area contributed by atoms with Crippen molar-refractivity contribution in [1.82, 2.24) is 0 Å². The molecule has 0 aliphatic heterocycles. The minimum absolute atomic E-state index is 0.132. The van der Waals surface area contributed by atoms with Crippen LogP contribution in [0.5, 0.6) is 0 Å². The van der Waals surface area contributed by atoms with E-state index in [-0.39, 0.29) is 11.5 Å². The van der Waals surface area contributed by atoms with Crippen molar-refractivity contribution in [2.24, 2.45) is 5.73 Å². The molecule has 2 aromatic rings. The predicted octanol–water partition coefficient (Wildman–Crippen LogP) is 5.20. The molecular weight excluding hydrogens is 326 g/mol. The van der Waals surface area contributed by atoms with Crippen molar-refractivity contribution in [1.29, 1.82) is 0 Å². The molecular formula is C18H24BrNO. The quantitative estimate of drug-likeness (QED) is 0.826. The summed E-state index contributed by atoms with van der Waals surface area (Å²) in [6.07, 6.45) is 2.45. The van der Waals surface area contributed by atoms with Crippen molar-refractivity contribution < 1.29 is 4.42 Å². The van der Waals surface area contributed by atoms with Gasteiger partial charge in [-0.3, -0.25) is 0 Å². The molecule has 0 amide bonds. The van der Waals surface area contributed by atoms with Crippen LogP contribution in [-0.4, -0.2) is 0 Å². The summed E-state index contributed by atoms with van der Waals surface area (Å²) in [5.41, 5.74) is 11.8. The van der Waals surface area contributed by atoms with Crippen molar-refractivity contribution in [2.75, 3.05) is 0 Å². The Hall–Kier alpha value is -1.06. The molecule has 21 heavy (non-hydrogen) atoms. The Balaban J connectivity index is 2.31. The van der Waals surface area contributed by atoms with Gasteiger partial charge in [0, 0.05) is 0 Å². The molecule has 0 spiro atoms. The lowest BCUT2D eigenvalue weighted by molar-refractivity contribution is 0.461. The first-order valence-corrected chi connectivity index (χ1v) is 8.08. The monoisotopic (exact) mass is 349 g/mol. The highest BCUT2D eigenvalue weighted by Crippen LogP contribution is 2.30. The Labute approximate surface area is 135 Å². The summed E-state index contributed by atoms with van der Waals surface area (Å²) in [6, 6.07) is 6.32. The van der Waals surface area contributed by atoms with Gasteiger partial charge in [-0.15, -0.1) is 0 Å². The molecule has 0 saturated carbocycles. The van der Waals surface area contributed by atoms with E-state index in [1.165, 1.54) is 22.3 Å². The van der Waals surface area contributed by atoms with Crippen LogP contribution in [0.4, 0.5) is 0 Å². The van der Waals surface area contributed by atoms with E-state index in [1.54, 1.807) is 6.26 Å². The summed E-state index contributed by atoms with van der Waals surface area (Å²) in [4.78, 5) is 0. The van der Waals surface area contributed by atoms with Crippen molar-refractivity contribution in [2.45, 2.75) is 52.5 Å². The molecule has 0 bridgehead atoms. The fraction of sp³-hybridized carbons (Fsp3) is 0.444. The zero-order valence-corrected chi connectivity index (χ0v) is 15.0. The van der Waals surface area contributed by atoms with Crippen molar-refractivity contribution in [3.05, 3.63) is 56.9 Å². The summed E-state index contributed by atoms with van der Waals surface area (Å²) in [5.74, 6) is 0.814. The molecule has 0 fully saturated rings. The number of benzene rings is 1. The van der Waals surface area contributed by atoms with E-state index in [1.807, 2.05) is 6.07 Å². The maximum absolute atomic E-state index is 6.31. The summed E-state index contributed by atoms with van der Waals surface area (Å²) < 4.78 is 6.43. The van der Waals surface area contributed by atoms with Crippen LogP contribution in [0.15, 0.2) is 33.4 Å². The number of furan rings is 1. The van der Waals surface area contributed by atoms with E-state index >= 15 is 0 Å². The van der Waals surface area contributed by atoms with Gasteiger partial charge < -0.3 is 10.2 Å². The van der Waals surface area contributed by atoms with Crippen LogP contribution in [0.3, 0.4) is 0 Å². The van der Waals surface area contributed by atoms with Crippen molar-refractivity contribution in [3.8, 4) is 0 Å². The minimum atomic E-state index is -0.132. The Morgan fingerprint density at radius 3 is 2.19 bits per heavy atom. The van der Waals surface area contributed by atoms with Crippen LogP contribution in [-0.2, 0) is 11.8 Å². The molecule has 1 unspecified atom stereocenters. The zero-order chi connectivity index (χ0) is 15.8. The van der Waals surface area contributed by atoms with Crippen LogP contribution >= 0.6 is 15.9 Å². The van der Waals surface area contributed by atoms with Crippen LogP contribution in [0.1, 0.15) is 54.8 Å². The third-order valence-corrected chi connectivity index (χ3v) is 4.62. The highest BCUT2D eigenvalue weighted by atomic mass is 79.9. The third-order valence-electron chi connectivity index (χ3n) is 3.97. The first kappa shape index (κ1) is 16.3. The molecule has 1 aromatic carbocycles. The van der Waals surface area contributed by atoms with E-state index in [4.69, 9.17) is 10.2 Å². The lowest BCUT2D eigenvalue weighted by Crippen LogP contribution is -2.16. The number of aryl methyl sites for hydroxylation is 2. The highest BCUT2D eigenvalue weighted by molar-refractivity contribution is 9.10. The molecule has 2 nitrogen and oxygen atoms in total. The van der Waals surface area contributed by atoms with Gasteiger partial charge in [0.2, 0.25) is 0 Å². The number of nitrogens with two attached hydrogens (primary N) is 1. The lowest BCUT2D eigenvalue weighted by Gasteiger charge is -2.23. The number of hydrogen-bond acceptors (Lipinski definition) is 2. The van der Waals surface area contributed by atoms with Gasteiger partial charge in [-0.1, -0.05) is 32.9 Å². The summed E-state index contributed by atoms with van der Waals surface area (Å²) in [5, 5.41) is 0. The first-order valence-electron chi connectivity index (χ1n) is 7.29. The lowest BCUT2D eigenvalue weighted by atomic mass is 9.83. The molecule has 2 N–H and O–H groups in total. The van der Waals surface area contributed by atoms with Crippen molar-refractivity contribution in [3.63, 3.8) is 0 Å². The molecule has 3 heteroatoms. The molecule has 1 atom stereocenters. The van der Waals surface area contributed by atoms with Gasteiger partial charge in [0.05, 0.1) is 16.8 Å². The zero-order valence-electron chi connectivity index (χ0n) is 13.5. The van der Waals surface area contributed by atoms with E-state index in [0.29, 0.717) is 0 Å². The van der Waals surface area contributed by atoms with Gasteiger partial charge in [-0.2, -0.15) is 0 Å². The standard InChI is InChI=1S/C18H24BrNO/c1-11-8-13(18(3,4)5)9-12(2)14(11)10-16(20)17-15(19)6-7-21-17/h6-9,16H,10,20H2,1-5H3. The molecule has 1 heterocycles. The second-order valence-corrected chi connectivity index (χ2v) is 7.64. The fourth-order valence-corrected chi connectivity index (χ4v) is 3.13. The van der Waals surface area contributed by atoms with Crippen molar-refractivity contribution >= 4 is 15.9 Å². The number of halogens is 1. The highest BCUT2D eigenvalue weighted by Gasteiger charge is 2.19. The minimum Gasteiger partial charge on any atom is -0.466 e. The average molecular weight is 350 g/mol. The van der Waals surface area contributed by atoms with E-state index in [2.05, 4.69) is 62.7 Å². The fourth-order valence-electron chi connectivity index (χ4n) is 2.63. The van der Waals surface area contributed by atoms with Crippen LogP contribution in [0, 0.1) is 13.8 Å². The SMILES string of the molecule is Cc1cc(C(C)(C)C)cc(C)c1CC(N)c1occc1Br. The third kappa shape index (κ3) is 3.58. The van der Waals surface area contributed by atoms with E-state index < -0.39 is 0 Å². The molecule has 2 rings (SSSR count). The van der Waals surface area contributed by atoms with Crippen LogP contribution in [0.2, 0.25) is 0 Å². The van der Waals surface area contributed by atoms with Crippen LogP contribution in [0.25, 0.3) is 0 Å². The molecule has 114 valence electrons. The molecule has 0 aliphatic carbocycles. The topological polar surface area (TPSA) is 39.2 Å². The maximum atomic E-state index is 6.31. The largest absolute Gasteiger partial charge is 0.466 e. The van der Waals surface area contributed by atoms with Gasteiger partial charge in [-0.25, -0.2) is 0 Å². The Morgan fingerprint density at radius 2 is 1.76 bits per heavy atom. The summed E-state index contributed by atoms with van der Waals surface area (Å²) in [6.45, 7) is 11.1. The van der Waals surface area contributed by atoms with E-state index in [0.717, 1.165) is 16.7 Å². The Bertz CT molecular complexity index is 614. The van der Waals surface area contributed by atoms with Gasteiger partial charge in [0.15, 0.2) is 0 Å². The average Bonchev–Trinajstić information content (AvgIpc) is 2.78.